The third-order valence-electron chi connectivity index (χ3n) is 4.81. The Labute approximate surface area is 150 Å². The first kappa shape index (κ1) is 17.3. The van der Waals surface area contributed by atoms with Crippen molar-refractivity contribution in [3.05, 3.63) is 35.4 Å². The molecule has 4 heteroatoms. The largest absolute Gasteiger partial charge is 0.357 e. The predicted octanol–water partition coefficient (Wildman–Crippen LogP) is 4.18. The summed E-state index contributed by atoms with van der Waals surface area (Å²) in [4.78, 5) is 8.40. The number of aromatic nitrogens is 1. The van der Waals surface area contributed by atoms with Gasteiger partial charge >= 0.3 is 0 Å². The van der Waals surface area contributed by atoms with Crippen LogP contribution in [0.3, 0.4) is 0 Å². The molecule has 1 aromatic carbocycles. The van der Waals surface area contributed by atoms with E-state index in [9.17, 15) is 0 Å². The molecule has 0 bridgehead atoms. The molecule has 0 radical (unpaired) electrons. The molecule has 1 aliphatic heterocycles. The molecule has 0 aliphatic carbocycles. The van der Waals surface area contributed by atoms with Crippen LogP contribution in [0.15, 0.2) is 24.3 Å². The summed E-state index contributed by atoms with van der Waals surface area (Å²) in [6.07, 6.45) is 6.58. The topological polar surface area (TPSA) is 42.2 Å². The smallest absolute Gasteiger partial charge is 0.129 e. The van der Waals surface area contributed by atoms with Crippen LogP contribution in [-0.2, 0) is 6.42 Å². The van der Waals surface area contributed by atoms with Crippen LogP contribution in [0.5, 0.6) is 0 Å². The number of thiocarbonyl (C=S) groups is 1. The third kappa shape index (κ3) is 4.11. The number of aryl methyl sites for hydroxylation is 1. The van der Waals surface area contributed by atoms with Crippen molar-refractivity contribution in [2.24, 2.45) is 5.73 Å². The number of nitrogens with two attached hydrogens (primary N) is 1. The molecule has 1 aliphatic rings. The Hall–Kier alpha value is -1.52. The highest BCUT2D eigenvalue weighted by molar-refractivity contribution is 7.80. The number of unbranched alkanes of at least 4 members (excludes halogenated alkanes) is 1. The number of anilines is 1. The minimum absolute atomic E-state index is 0.753. The lowest BCUT2D eigenvalue weighted by atomic mass is 10.0. The lowest BCUT2D eigenvalue weighted by Crippen LogP contribution is -2.19. The zero-order valence-corrected chi connectivity index (χ0v) is 15.4. The first-order valence-corrected chi connectivity index (χ1v) is 9.45. The van der Waals surface area contributed by atoms with Crippen molar-refractivity contribution in [1.82, 2.24) is 4.98 Å². The van der Waals surface area contributed by atoms with Crippen molar-refractivity contribution >= 4 is 33.8 Å². The fourth-order valence-electron chi connectivity index (χ4n) is 3.42. The van der Waals surface area contributed by atoms with E-state index in [4.69, 9.17) is 22.9 Å². The molecule has 2 N–H and O–H groups in total. The van der Waals surface area contributed by atoms with Gasteiger partial charge in [-0.2, -0.15) is 0 Å². The normalized spacial score (nSPS) is 14.5. The van der Waals surface area contributed by atoms with Gasteiger partial charge in [-0.15, -0.1) is 0 Å². The Balaban J connectivity index is 1.77. The van der Waals surface area contributed by atoms with Gasteiger partial charge in [0.1, 0.15) is 5.82 Å². The number of nitrogens with zero attached hydrogens (tertiary/aromatic N) is 2. The summed E-state index contributed by atoms with van der Waals surface area (Å²) in [6.45, 7) is 5.20. The summed E-state index contributed by atoms with van der Waals surface area (Å²) in [5.41, 5.74) is 9.24. The van der Waals surface area contributed by atoms with Gasteiger partial charge in [0.05, 0.1) is 5.52 Å². The maximum Gasteiger partial charge on any atom is 0.129 e. The van der Waals surface area contributed by atoms with Gasteiger partial charge in [-0.05, 0) is 79.8 Å². The van der Waals surface area contributed by atoms with Gasteiger partial charge in [0.15, 0.2) is 0 Å². The summed E-state index contributed by atoms with van der Waals surface area (Å²) in [7, 11) is 0. The first-order chi connectivity index (χ1) is 11.7. The average Bonchev–Trinajstić information content (AvgIpc) is 3.10. The van der Waals surface area contributed by atoms with Gasteiger partial charge in [-0.25, -0.2) is 4.98 Å². The van der Waals surface area contributed by atoms with E-state index in [2.05, 4.69) is 36.1 Å². The second-order valence-corrected chi connectivity index (χ2v) is 7.38. The van der Waals surface area contributed by atoms with Gasteiger partial charge in [-0.1, -0.05) is 18.3 Å². The molecule has 0 amide bonds. The van der Waals surface area contributed by atoms with Crippen LogP contribution in [0.1, 0.15) is 43.2 Å². The number of benzene rings is 1. The molecule has 3 nitrogen and oxygen atoms in total. The van der Waals surface area contributed by atoms with Crippen molar-refractivity contribution in [2.75, 3.05) is 24.5 Å². The molecule has 2 aromatic rings. The van der Waals surface area contributed by atoms with Crippen molar-refractivity contribution in [2.45, 2.75) is 45.4 Å². The van der Waals surface area contributed by atoms with Crippen LogP contribution in [0.25, 0.3) is 10.9 Å². The fourth-order valence-corrected chi connectivity index (χ4v) is 3.74. The van der Waals surface area contributed by atoms with Crippen LogP contribution in [0, 0.1) is 6.92 Å². The predicted molar refractivity (Wildman–Crippen MR) is 107 cm³/mol. The molecule has 0 unspecified atom stereocenters. The highest BCUT2D eigenvalue weighted by Gasteiger charge is 2.15. The minimum atomic E-state index is 0.753. The molecule has 128 valence electrons. The van der Waals surface area contributed by atoms with Gasteiger partial charge in [0.25, 0.3) is 0 Å². The number of fused-ring (bicyclic) bond motifs is 1. The van der Waals surface area contributed by atoms with E-state index in [0.29, 0.717) is 0 Å². The van der Waals surface area contributed by atoms with Crippen molar-refractivity contribution < 1.29 is 0 Å². The van der Waals surface area contributed by atoms with Crippen molar-refractivity contribution in [1.29, 1.82) is 0 Å². The van der Waals surface area contributed by atoms with Crippen LogP contribution < -0.4 is 10.6 Å². The Kier molecular flexibility index (Phi) is 5.80. The Morgan fingerprint density at radius 1 is 1.21 bits per heavy atom. The van der Waals surface area contributed by atoms with Gasteiger partial charge in [-0.3, -0.25) is 0 Å². The second kappa shape index (κ2) is 8.04. The van der Waals surface area contributed by atoms with Crippen LogP contribution in [0.2, 0.25) is 0 Å². The molecule has 24 heavy (non-hydrogen) atoms. The quantitative estimate of drug-likeness (QED) is 0.606. The van der Waals surface area contributed by atoms with E-state index in [0.717, 1.165) is 61.5 Å². The van der Waals surface area contributed by atoms with Gasteiger partial charge in [0, 0.05) is 24.9 Å². The highest BCUT2D eigenvalue weighted by atomic mass is 32.1. The van der Waals surface area contributed by atoms with E-state index < -0.39 is 0 Å². The minimum Gasteiger partial charge on any atom is -0.357 e. The number of pyridine rings is 1. The van der Waals surface area contributed by atoms with E-state index in [1.807, 2.05) is 0 Å². The summed E-state index contributed by atoms with van der Waals surface area (Å²) in [5, 5.41) is 1.25. The molecule has 0 saturated carbocycles. The third-order valence-corrected chi connectivity index (χ3v) is 5.16. The molecule has 2 heterocycles. The summed E-state index contributed by atoms with van der Waals surface area (Å²) >= 11 is 5.54. The number of rotatable bonds is 7. The second-order valence-electron chi connectivity index (χ2n) is 6.80. The van der Waals surface area contributed by atoms with Crippen molar-refractivity contribution in [3.63, 3.8) is 0 Å². The van der Waals surface area contributed by atoms with Crippen molar-refractivity contribution in [3.8, 4) is 0 Å². The maximum absolute atomic E-state index is 5.55. The first-order valence-electron chi connectivity index (χ1n) is 9.04. The zero-order chi connectivity index (χ0) is 16.9. The van der Waals surface area contributed by atoms with E-state index in [1.54, 1.807) is 0 Å². The van der Waals surface area contributed by atoms with E-state index >= 15 is 0 Å². The summed E-state index contributed by atoms with van der Waals surface area (Å²) < 4.78 is 0. The standard InChI is InChI=1S/C20H27N3S/c1-15-12-20(23-10-4-5-11-23)22-19-8-7-16(14-18(15)19)13-17(24)6-2-3-9-21/h7-8,12,14H,2-6,9-11,13,21H2,1H3. The van der Waals surface area contributed by atoms with Crippen LogP contribution in [0.4, 0.5) is 5.82 Å². The van der Waals surface area contributed by atoms with Gasteiger partial charge in [0.2, 0.25) is 0 Å². The Morgan fingerprint density at radius 3 is 2.75 bits per heavy atom. The molecule has 1 aromatic heterocycles. The van der Waals surface area contributed by atoms with E-state index in [1.165, 1.54) is 29.4 Å². The lowest BCUT2D eigenvalue weighted by molar-refractivity contribution is 0.773. The molecule has 1 fully saturated rings. The fraction of sp³-hybridized carbons (Fsp3) is 0.500. The average molecular weight is 342 g/mol. The molecule has 0 spiro atoms. The van der Waals surface area contributed by atoms with Gasteiger partial charge < -0.3 is 10.6 Å². The summed E-state index contributed by atoms with van der Waals surface area (Å²) in [6, 6.07) is 8.83. The monoisotopic (exact) mass is 341 g/mol. The highest BCUT2D eigenvalue weighted by Crippen LogP contribution is 2.26. The lowest BCUT2D eigenvalue weighted by Gasteiger charge is -2.18. The Bertz CT molecular complexity index is 720. The molecule has 1 saturated heterocycles. The molecular weight excluding hydrogens is 314 g/mol. The van der Waals surface area contributed by atoms with Crippen LogP contribution in [-0.4, -0.2) is 29.5 Å². The van der Waals surface area contributed by atoms with E-state index in [-0.39, 0.29) is 0 Å². The molecule has 0 atom stereocenters. The summed E-state index contributed by atoms with van der Waals surface area (Å²) in [5.74, 6) is 1.13. The molecule has 3 rings (SSSR count). The number of hydrogen-bond acceptors (Lipinski definition) is 4. The SMILES string of the molecule is Cc1cc(N2CCCC2)nc2ccc(CC(=S)CCCCN)cc12. The van der Waals surface area contributed by atoms with Crippen LogP contribution >= 0.6 is 12.2 Å². The number of hydrogen-bond donors (Lipinski definition) is 1. The Morgan fingerprint density at radius 2 is 2.00 bits per heavy atom. The zero-order valence-electron chi connectivity index (χ0n) is 14.6. The maximum atomic E-state index is 5.55. The molecular formula is C20H27N3S.